The molecule has 0 radical (unpaired) electrons. The summed E-state index contributed by atoms with van der Waals surface area (Å²) >= 11 is 0. The fourth-order valence-electron chi connectivity index (χ4n) is 5.88. The maximum absolute atomic E-state index is 12.7. The molecule has 0 aromatic carbocycles. The van der Waals surface area contributed by atoms with Crippen LogP contribution in [-0.4, -0.2) is 82.9 Å². The topological polar surface area (TPSA) is 107 Å². The maximum Gasteiger partial charge on any atom is 0.306 e. The number of phosphoric ester groups is 1. The molecule has 4 atom stereocenters. The van der Waals surface area contributed by atoms with Gasteiger partial charge in [0.15, 0.2) is 0 Å². The van der Waals surface area contributed by atoms with Gasteiger partial charge in [-0.3, -0.25) is 9.36 Å². The minimum absolute atomic E-state index is 0.00817. The van der Waals surface area contributed by atoms with Gasteiger partial charge >= 0.3 is 5.97 Å². The number of quaternary nitrogens is 1. The molecular formula is C44H80NO8P. The third-order valence-corrected chi connectivity index (χ3v) is 10.3. The molecule has 0 aromatic heterocycles. The third-order valence-electron chi connectivity index (χ3n) is 9.35. The minimum Gasteiger partial charge on any atom is -0.756 e. The fourth-order valence-corrected chi connectivity index (χ4v) is 6.61. The van der Waals surface area contributed by atoms with Crippen LogP contribution in [0.3, 0.4) is 0 Å². The van der Waals surface area contributed by atoms with Gasteiger partial charge in [-0.15, -0.1) is 0 Å². The van der Waals surface area contributed by atoms with Gasteiger partial charge in [-0.25, -0.2) is 0 Å². The van der Waals surface area contributed by atoms with E-state index >= 15 is 0 Å². The van der Waals surface area contributed by atoms with E-state index in [0.717, 1.165) is 32.1 Å². The third kappa shape index (κ3) is 33.7. The van der Waals surface area contributed by atoms with Crippen molar-refractivity contribution in [1.29, 1.82) is 0 Å². The second kappa shape index (κ2) is 33.5. The Morgan fingerprint density at radius 2 is 1.33 bits per heavy atom. The highest BCUT2D eigenvalue weighted by atomic mass is 31.2. The van der Waals surface area contributed by atoms with Crippen LogP contribution < -0.4 is 4.89 Å². The largest absolute Gasteiger partial charge is 0.756 e. The summed E-state index contributed by atoms with van der Waals surface area (Å²) in [5.41, 5.74) is 0. The molecule has 0 amide bonds. The van der Waals surface area contributed by atoms with Crippen LogP contribution >= 0.6 is 7.82 Å². The van der Waals surface area contributed by atoms with Crippen LogP contribution in [0.15, 0.2) is 48.6 Å². The van der Waals surface area contributed by atoms with Gasteiger partial charge in [-0.05, 0) is 38.5 Å². The number of nitrogens with zero attached hydrogens (tertiary/aromatic N) is 1. The first-order valence-electron chi connectivity index (χ1n) is 21.5. The zero-order valence-corrected chi connectivity index (χ0v) is 36.0. The highest BCUT2D eigenvalue weighted by Crippen LogP contribution is 2.38. The van der Waals surface area contributed by atoms with Crippen molar-refractivity contribution in [2.45, 2.75) is 173 Å². The maximum atomic E-state index is 12.7. The lowest BCUT2D eigenvalue weighted by molar-refractivity contribution is -0.870. The summed E-state index contributed by atoms with van der Waals surface area (Å²) in [6.07, 6.45) is 41.5. The van der Waals surface area contributed by atoms with E-state index in [1.807, 2.05) is 45.4 Å². The van der Waals surface area contributed by atoms with E-state index in [1.54, 1.807) is 0 Å². The lowest BCUT2D eigenvalue weighted by Gasteiger charge is -2.28. The molecule has 1 fully saturated rings. The van der Waals surface area contributed by atoms with Gasteiger partial charge in [0.2, 0.25) is 0 Å². The number of allylic oxidation sites excluding steroid dienone is 7. The molecule has 0 aliphatic carbocycles. The zero-order chi connectivity index (χ0) is 39.6. The van der Waals surface area contributed by atoms with E-state index in [0.29, 0.717) is 24.1 Å². The van der Waals surface area contributed by atoms with Gasteiger partial charge in [0.25, 0.3) is 7.82 Å². The van der Waals surface area contributed by atoms with Gasteiger partial charge in [0, 0.05) is 13.0 Å². The van der Waals surface area contributed by atoms with Crippen molar-refractivity contribution in [3.8, 4) is 0 Å². The Morgan fingerprint density at radius 1 is 0.722 bits per heavy atom. The van der Waals surface area contributed by atoms with Gasteiger partial charge in [0.1, 0.15) is 25.4 Å². The number of epoxide rings is 1. The summed E-state index contributed by atoms with van der Waals surface area (Å²) in [5.74, 6) is -0.409. The van der Waals surface area contributed by atoms with Crippen LogP contribution in [0.4, 0.5) is 0 Å². The lowest BCUT2D eigenvalue weighted by atomic mass is 10.0. The average molecular weight is 782 g/mol. The Morgan fingerprint density at radius 3 is 1.98 bits per heavy atom. The van der Waals surface area contributed by atoms with E-state index in [9.17, 15) is 14.3 Å². The summed E-state index contributed by atoms with van der Waals surface area (Å²) in [5, 5.41) is 0. The average Bonchev–Trinajstić information content (AvgIpc) is 3.87. The highest BCUT2D eigenvalue weighted by molar-refractivity contribution is 7.45. The van der Waals surface area contributed by atoms with Crippen LogP contribution in [0.1, 0.15) is 155 Å². The molecule has 10 heteroatoms. The predicted octanol–water partition coefficient (Wildman–Crippen LogP) is 10.7. The number of ether oxygens (including phenoxy) is 3. The Hall–Kier alpha value is -1.58. The summed E-state index contributed by atoms with van der Waals surface area (Å²) in [4.78, 5) is 25.1. The molecule has 4 unspecified atom stereocenters. The second-order valence-electron chi connectivity index (χ2n) is 15.8. The van der Waals surface area contributed by atoms with E-state index < -0.39 is 19.9 Å². The predicted molar refractivity (Wildman–Crippen MR) is 221 cm³/mol. The van der Waals surface area contributed by atoms with Crippen LogP contribution in [0, 0.1) is 0 Å². The number of hydrogen-bond donors (Lipinski definition) is 0. The number of carbonyl (C=O) groups excluding carboxylic acids is 1. The van der Waals surface area contributed by atoms with Crippen molar-refractivity contribution in [2.75, 3.05) is 54.1 Å². The van der Waals surface area contributed by atoms with Crippen molar-refractivity contribution in [3.63, 3.8) is 0 Å². The van der Waals surface area contributed by atoms with Gasteiger partial charge in [-0.2, -0.15) is 0 Å². The number of unbranched alkanes of at least 4 members (excludes halogenated alkanes) is 16. The number of phosphoric acid groups is 1. The monoisotopic (exact) mass is 782 g/mol. The van der Waals surface area contributed by atoms with Crippen molar-refractivity contribution >= 4 is 13.8 Å². The highest BCUT2D eigenvalue weighted by Gasteiger charge is 2.35. The summed E-state index contributed by atoms with van der Waals surface area (Å²) in [6.45, 7) is 5.25. The molecule has 0 spiro atoms. The molecule has 54 heavy (non-hydrogen) atoms. The lowest BCUT2D eigenvalue weighted by Crippen LogP contribution is -2.37. The molecule has 0 bridgehead atoms. The fraction of sp³-hybridized carbons (Fsp3) is 0.795. The normalized spacial score (nSPS) is 18.0. The summed E-state index contributed by atoms with van der Waals surface area (Å²) in [7, 11) is 1.30. The van der Waals surface area contributed by atoms with Gasteiger partial charge in [-0.1, -0.05) is 159 Å². The second-order valence-corrected chi connectivity index (χ2v) is 17.2. The number of rotatable bonds is 38. The molecule has 0 N–H and O–H groups in total. The van der Waals surface area contributed by atoms with Crippen molar-refractivity contribution in [3.05, 3.63) is 48.6 Å². The van der Waals surface area contributed by atoms with Crippen LogP contribution in [0.25, 0.3) is 0 Å². The first-order chi connectivity index (χ1) is 26.1. The molecule has 9 nitrogen and oxygen atoms in total. The zero-order valence-electron chi connectivity index (χ0n) is 35.1. The van der Waals surface area contributed by atoms with Crippen molar-refractivity contribution < 1.29 is 42.0 Å². The first kappa shape index (κ1) is 50.4. The molecule has 1 rings (SSSR count). The number of hydrogen-bond acceptors (Lipinski definition) is 8. The van der Waals surface area contributed by atoms with E-state index in [-0.39, 0.29) is 38.4 Å². The van der Waals surface area contributed by atoms with Gasteiger partial charge < -0.3 is 32.6 Å². The van der Waals surface area contributed by atoms with Crippen LogP contribution in [0.2, 0.25) is 0 Å². The summed E-state index contributed by atoms with van der Waals surface area (Å²) in [6, 6.07) is 0. The Balaban J connectivity index is 2.32. The number of likely N-dealkylation sites (N-methyl/N-ethyl adjacent to an activating group) is 1. The molecule has 1 heterocycles. The summed E-state index contributed by atoms with van der Waals surface area (Å²) < 4.78 is 40.3. The molecule has 314 valence electrons. The minimum atomic E-state index is -4.55. The molecule has 1 aliphatic heterocycles. The molecular weight excluding hydrogens is 701 g/mol. The van der Waals surface area contributed by atoms with E-state index in [2.05, 4.69) is 38.2 Å². The molecule has 1 aliphatic rings. The van der Waals surface area contributed by atoms with E-state index in [1.165, 1.54) is 96.3 Å². The van der Waals surface area contributed by atoms with Gasteiger partial charge in [0.05, 0.1) is 40.5 Å². The molecule has 0 saturated carbocycles. The quantitative estimate of drug-likeness (QED) is 0.0116. The SMILES string of the molecule is CCCCC/C=C/C/C=C/C=C\C=C/C1OC1CCCC(=O)OC(COCCCCCCCCCCCCCCCC)COP(=O)([O-])OCC[N+](C)(C)C. The number of esters is 1. The number of carbonyl (C=O) groups is 1. The Labute approximate surface area is 331 Å². The standard InChI is InChI=1S/C44H80NO8P/c1-6-8-10-12-14-16-18-20-21-23-25-27-29-31-37-49-39-41(40-51-54(47,48)50-38-36-45(3,4)5)52-44(46)35-32-34-43-42(53-43)33-30-28-26-24-22-19-17-15-13-11-9-7-2/h15,17,22,24,26,28,30,33,41-43H,6-14,16,18-21,23,25,27,29,31-32,34-40H2,1-5H3/b17-15+,24-22+,28-26-,33-30-. The molecule has 1 saturated heterocycles. The van der Waals surface area contributed by atoms with Crippen molar-refractivity contribution in [1.82, 2.24) is 0 Å². The van der Waals surface area contributed by atoms with Crippen LogP contribution in [0.5, 0.6) is 0 Å². The Kier molecular flexibility index (Phi) is 31.3. The Bertz CT molecular complexity index is 1070. The molecule has 0 aromatic rings. The smallest absolute Gasteiger partial charge is 0.306 e. The first-order valence-corrected chi connectivity index (χ1v) is 23.0. The van der Waals surface area contributed by atoms with Crippen molar-refractivity contribution in [2.24, 2.45) is 0 Å². The van der Waals surface area contributed by atoms with E-state index in [4.69, 9.17) is 23.3 Å². The van der Waals surface area contributed by atoms with Crippen LogP contribution in [-0.2, 0) is 32.6 Å².